The van der Waals surface area contributed by atoms with Crippen molar-refractivity contribution in [3.8, 4) is 0 Å². The molecular formula is C25H25N3O2. The molecule has 152 valence electrons. The molecule has 5 heteroatoms. The lowest BCUT2D eigenvalue weighted by atomic mass is 9.90. The maximum absolute atomic E-state index is 12.9. The first-order chi connectivity index (χ1) is 14.6. The molecule has 0 saturated carbocycles. The van der Waals surface area contributed by atoms with Gasteiger partial charge in [0.15, 0.2) is 0 Å². The van der Waals surface area contributed by atoms with E-state index < -0.39 is 5.92 Å². The van der Waals surface area contributed by atoms with Gasteiger partial charge in [-0.2, -0.15) is 5.10 Å². The second kappa shape index (κ2) is 10.7. The molecule has 0 unspecified atom stereocenters. The first kappa shape index (κ1) is 21.0. The Labute approximate surface area is 176 Å². The first-order valence-corrected chi connectivity index (χ1v) is 9.87. The fourth-order valence-electron chi connectivity index (χ4n) is 3.18. The molecule has 5 nitrogen and oxygen atoms in total. The Morgan fingerprint density at radius 3 is 1.83 bits per heavy atom. The predicted octanol–water partition coefficient (Wildman–Crippen LogP) is 3.67. The van der Waals surface area contributed by atoms with Gasteiger partial charge in [-0.3, -0.25) is 9.59 Å². The average Bonchev–Trinajstić information content (AvgIpc) is 2.78. The van der Waals surface area contributed by atoms with Gasteiger partial charge in [0.2, 0.25) is 5.91 Å². The molecule has 0 bridgehead atoms. The fourth-order valence-corrected chi connectivity index (χ4v) is 3.18. The van der Waals surface area contributed by atoms with Crippen LogP contribution in [0.2, 0.25) is 0 Å². The van der Waals surface area contributed by atoms with E-state index in [1.54, 1.807) is 0 Å². The van der Waals surface area contributed by atoms with Crippen molar-refractivity contribution < 1.29 is 9.59 Å². The molecule has 0 atom stereocenters. The van der Waals surface area contributed by atoms with Gasteiger partial charge in [0, 0.05) is 12.1 Å². The molecule has 2 N–H and O–H groups in total. The molecule has 3 rings (SSSR count). The van der Waals surface area contributed by atoms with Crippen LogP contribution in [0.5, 0.6) is 0 Å². The monoisotopic (exact) mass is 399 g/mol. The molecule has 0 fully saturated rings. The summed E-state index contributed by atoms with van der Waals surface area (Å²) in [5.41, 5.74) is 6.16. The lowest BCUT2D eigenvalue weighted by Gasteiger charge is -2.17. The highest BCUT2D eigenvalue weighted by Gasteiger charge is 2.22. The van der Waals surface area contributed by atoms with Gasteiger partial charge in [-0.15, -0.1) is 0 Å². The summed E-state index contributed by atoms with van der Waals surface area (Å²) in [4.78, 5) is 25.1. The Morgan fingerprint density at radius 2 is 1.30 bits per heavy atom. The quantitative estimate of drug-likeness (QED) is 0.448. The number of hydrogen-bond donors (Lipinski definition) is 2. The van der Waals surface area contributed by atoms with E-state index in [2.05, 4.69) is 15.8 Å². The summed E-state index contributed by atoms with van der Waals surface area (Å²) in [5.74, 6) is -1.08. The minimum absolute atomic E-state index is 0.142. The number of nitrogens with one attached hydrogen (secondary N) is 2. The summed E-state index contributed by atoms with van der Waals surface area (Å²) >= 11 is 0. The number of carbonyl (C=O) groups excluding carboxylic acids is 2. The molecule has 0 aliphatic heterocycles. The maximum Gasteiger partial charge on any atom is 0.259 e. The van der Waals surface area contributed by atoms with Crippen LogP contribution in [0.3, 0.4) is 0 Å². The summed E-state index contributed by atoms with van der Waals surface area (Å²) in [6.07, 6.45) is 0.650. The van der Waals surface area contributed by atoms with Crippen molar-refractivity contribution in [3.63, 3.8) is 0 Å². The van der Waals surface area contributed by atoms with Gasteiger partial charge in [0.1, 0.15) is 0 Å². The lowest BCUT2D eigenvalue weighted by molar-refractivity contribution is -0.126. The van der Waals surface area contributed by atoms with Gasteiger partial charge >= 0.3 is 0 Å². The normalized spacial score (nSPS) is 11.2. The summed E-state index contributed by atoms with van der Waals surface area (Å²) in [6.45, 7) is 1.71. The van der Waals surface area contributed by atoms with Crippen molar-refractivity contribution in [1.29, 1.82) is 0 Å². The summed E-state index contributed by atoms with van der Waals surface area (Å²) < 4.78 is 0. The minimum Gasteiger partial charge on any atom is -0.346 e. The Morgan fingerprint density at radius 1 is 0.800 bits per heavy atom. The average molecular weight is 399 g/mol. The van der Waals surface area contributed by atoms with E-state index in [1.807, 2.05) is 97.9 Å². The SMILES string of the molecule is CC(Cc1ccccc1)=NNC(=O)CNC(=O)C(c1ccccc1)c1ccccc1. The van der Waals surface area contributed by atoms with Crippen molar-refractivity contribution in [2.24, 2.45) is 5.10 Å². The van der Waals surface area contributed by atoms with E-state index in [9.17, 15) is 9.59 Å². The summed E-state index contributed by atoms with van der Waals surface area (Å²) in [5, 5.41) is 6.86. The van der Waals surface area contributed by atoms with Crippen LogP contribution >= 0.6 is 0 Å². The van der Waals surface area contributed by atoms with E-state index in [0.717, 1.165) is 22.4 Å². The van der Waals surface area contributed by atoms with Gasteiger partial charge < -0.3 is 5.32 Å². The minimum atomic E-state index is -0.483. The van der Waals surface area contributed by atoms with Crippen LogP contribution in [0, 0.1) is 0 Å². The molecular weight excluding hydrogens is 374 g/mol. The van der Waals surface area contributed by atoms with Gasteiger partial charge in [-0.1, -0.05) is 91.0 Å². The summed E-state index contributed by atoms with van der Waals surface area (Å²) in [6, 6.07) is 29.0. The first-order valence-electron chi connectivity index (χ1n) is 9.87. The van der Waals surface area contributed by atoms with E-state index >= 15 is 0 Å². The highest BCUT2D eigenvalue weighted by molar-refractivity contribution is 5.91. The number of amides is 2. The molecule has 0 saturated heterocycles. The van der Waals surface area contributed by atoms with Crippen LogP contribution in [0.15, 0.2) is 96.1 Å². The smallest absolute Gasteiger partial charge is 0.259 e. The van der Waals surface area contributed by atoms with E-state index in [4.69, 9.17) is 0 Å². The van der Waals surface area contributed by atoms with Crippen LogP contribution in [0.1, 0.15) is 29.5 Å². The molecule has 3 aromatic carbocycles. The lowest BCUT2D eigenvalue weighted by Crippen LogP contribution is -2.38. The Hall–Kier alpha value is -3.73. The topological polar surface area (TPSA) is 70.6 Å². The van der Waals surface area contributed by atoms with E-state index in [0.29, 0.717) is 6.42 Å². The Bertz CT molecular complexity index is 947. The molecule has 0 heterocycles. The number of carbonyl (C=O) groups is 2. The predicted molar refractivity (Wildman–Crippen MR) is 119 cm³/mol. The molecule has 2 amide bonds. The van der Waals surface area contributed by atoms with Gasteiger partial charge in [-0.25, -0.2) is 5.43 Å². The number of hydrogen-bond acceptors (Lipinski definition) is 3. The Kier molecular flexibility index (Phi) is 7.50. The number of hydrazone groups is 1. The molecule has 3 aromatic rings. The van der Waals surface area contributed by atoms with Crippen LogP contribution in [-0.4, -0.2) is 24.1 Å². The van der Waals surface area contributed by atoms with Crippen LogP contribution in [0.25, 0.3) is 0 Å². The zero-order valence-corrected chi connectivity index (χ0v) is 16.9. The van der Waals surface area contributed by atoms with Crippen molar-refractivity contribution >= 4 is 17.5 Å². The van der Waals surface area contributed by atoms with Gasteiger partial charge in [0.25, 0.3) is 5.91 Å². The van der Waals surface area contributed by atoms with E-state index in [-0.39, 0.29) is 18.4 Å². The Balaban J connectivity index is 1.58. The molecule has 30 heavy (non-hydrogen) atoms. The van der Waals surface area contributed by atoms with Crippen molar-refractivity contribution in [2.75, 3.05) is 6.54 Å². The second-order valence-electron chi connectivity index (χ2n) is 7.02. The highest BCUT2D eigenvalue weighted by atomic mass is 16.2. The van der Waals surface area contributed by atoms with Crippen molar-refractivity contribution in [1.82, 2.24) is 10.7 Å². The second-order valence-corrected chi connectivity index (χ2v) is 7.02. The molecule has 0 aliphatic carbocycles. The highest BCUT2D eigenvalue weighted by Crippen LogP contribution is 2.24. The zero-order valence-electron chi connectivity index (χ0n) is 16.9. The van der Waals surface area contributed by atoms with Crippen LogP contribution in [0.4, 0.5) is 0 Å². The molecule has 0 spiro atoms. The van der Waals surface area contributed by atoms with Crippen molar-refractivity contribution in [2.45, 2.75) is 19.3 Å². The fraction of sp³-hybridized carbons (Fsp3) is 0.160. The third-order valence-electron chi connectivity index (χ3n) is 4.63. The molecule has 0 radical (unpaired) electrons. The van der Waals surface area contributed by atoms with Gasteiger partial charge in [0.05, 0.1) is 12.5 Å². The van der Waals surface area contributed by atoms with E-state index in [1.165, 1.54) is 0 Å². The number of rotatable bonds is 8. The van der Waals surface area contributed by atoms with Crippen LogP contribution in [-0.2, 0) is 16.0 Å². The number of benzene rings is 3. The molecule has 0 aliphatic rings. The third kappa shape index (κ3) is 6.14. The van der Waals surface area contributed by atoms with Gasteiger partial charge in [-0.05, 0) is 23.6 Å². The van der Waals surface area contributed by atoms with Crippen LogP contribution < -0.4 is 10.7 Å². The zero-order chi connectivity index (χ0) is 21.2. The van der Waals surface area contributed by atoms with Crippen molar-refractivity contribution in [3.05, 3.63) is 108 Å². The third-order valence-corrected chi connectivity index (χ3v) is 4.63. The summed E-state index contributed by atoms with van der Waals surface area (Å²) in [7, 11) is 0. The maximum atomic E-state index is 12.9. The molecule has 0 aromatic heterocycles. The standard InChI is InChI=1S/C25H25N3O2/c1-19(17-20-11-5-2-6-12-20)27-28-23(29)18-26-25(30)24(21-13-7-3-8-14-21)22-15-9-4-10-16-22/h2-16,24H,17-18H2,1H3,(H,26,30)(H,28,29). The largest absolute Gasteiger partial charge is 0.346 e. The number of nitrogens with zero attached hydrogens (tertiary/aromatic N) is 1.